The third-order valence-electron chi connectivity index (χ3n) is 4.16. The molecule has 0 radical (unpaired) electrons. The quantitative estimate of drug-likeness (QED) is 0.566. The average Bonchev–Trinajstić information content (AvgIpc) is 3.04. The lowest BCUT2D eigenvalue weighted by Crippen LogP contribution is -2.53. The van der Waals surface area contributed by atoms with Gasteiger partial charge in [-0.25, -0.2) is 4.79 Å². The van der Waals surface area contributed by atoms with Crippen molar-refractivity contribution in [1.29, 1.82) is 0 Å². The molecule has 0 aromatic carbocycles. The van der Waals surface area contributed by atoms with E-state index in [1.165, 1.54) is 4.90 Å². The molecular weight excluding hydrogens is 352 g/mol. The Bertz CT molecular complexity index is 558. The van der Waals surface area contributed by atoms with E-state index in [9.17, 15) is 19.2 Å². The molecule has 1 aliphatic rings. The molecular formula is C18H32N4O5. The van der Waals surface area contributed by atoms with E-state index >= 15 is 0 Å². The van der Waals surface area contributed by atoms with E-state index < -0.39 is 35.6 Å². The highest BCUT2D eigenvalue weighted by atomic mass is 16.6. The predicted molar refractivity (Wildman–Crippen MR) is 99.6 cm³/mol. The third-order valence-corrected chi connectivity index (χ3v) is 4.16. The van der Waals surface area contributed by atoms with Crippen LogP contribution in [-0.4, -0.2) is 59.5 Å². The van der Waals surface area contributed by atoms with E-state index in [4.69, 9.17) is 10.5 Å². The highest BCUT2D eigenvalue weighted by Crippen LogP contribution is 2.18. The zero-order valence-corrected chi connectivity index (χ0v) is 16.7. The lowest BCUT2D eigenvalue weighted by molar-refractivity contribution is -0.138. The van der Waals surface area contributed by atoms with Crippen LogP contribution in [0.1, 0.15) is 59.8 Å². The maximum atomic E-state index is 12.5. The summed E-state index contributed by atoms with van der Waals surface area (Å²) in [5, 5.41) is 5.06. The molecule has 27 heavy (non-hydrogen) atoms. The number of amides is 4. The number of ether oxygens (including phenoxy) is 1. The summed E-state index contributed by atoms with van der Waals surface area (Å²) in [6, 6.07) is -1.41. The maximum Gasteiger partial charge on any atom is 0.408 e. The summed E-state index contributed by atoms with van der Waals surface area (Å²) in [5.74, 6) is -1.35. The average molecular weight is 384 g/mol. The lowest BCUT2D eigenvalue weighted by atomic mass is 10.1. The molecule has 1 fully saturated rings. The topological polar surface area (TPSA) is 131 Å². The molecule has 0 aromatic heterocycles. The molecule has 0 aromatic rings. The first-order chi connectivity index (χ1) is 12.5. The molecule has 154 valence electrons. The number of carbonyl (C=O) groups excluding carboxylic acids is 4. The molecule has 0 saturated carbocycles. The molecule has 0 aliphatic carbocycles. The van der Waals surface area contributed by atoms with Crippen LogP contribution in [-0.2, 0) is 19.1 Å². The number of nitrogens with two attached hydrogens (primary N) is 1. The highest BCUT2D eigenvalue weighted by Gasteiger charge is 2.35. The van der Waals surface area contributed by atoms with Gasteiger partial charge in [-0.15, -0.1) is 0 Å². The van der Waals surface area contributed by atoms with Gasteiger partial charge in [0.2, 0.25) is 17.7 Å². The Hall–Kier alpha value is -2.32. The maximum absolute atomic E-state index is 12.5. The number of likely N-dealkylation sites (tertiary alicyclic amines) is 1. The number of nitrogens with zero attached hydrogens (tertiary/aromatic N) is 1. The van der Waals surface area contributed by atoms with Gasteiger partial charge in [0, 0.05) is 6.54 Å². The summed E-state index contributed by atoms with van der Waals surface area (Å²) in [4.78, 5) is 49.6. The zero-order valence-electron chi connectivity index (χ0n) is 16.7. The van der Waals surface area contributed by atoms with Gasteiger partial charge >= 0.3 is 6.09 Å². The summed E-state index contributed by atoms with van der Waals surface area (Å²) in [7, 11) is 0. The molecule has 1 saturated heterocycles. The van der Waals surface area contributed by atoms with Crippen molar-refractivity contribution in [3.63, 3.8) is 0 Å². The number of unbranched alkanes of at least 4 members (excludes halogenated alkanes) is 1. The summed E-state index contributed by atoms with van der Waals surface area (Å²) < 4.78 is 5.09. The normalized spacial score (nSPS) is 17.9. The summed E-state index contributed by atoms with van der Waals surface area (Å²) >= 11 is 0. The number of nitrogens with one attached hydrogen (secondary N) is 2. The van der Waals surface area contributed by atoms with Gasteiger partial charge in [-0.2, -0.15) is 0 Å². The first-order valence-corrected chi connectivity index (χ1v) is 9.41. The molecule has 0 spiro atoms. The van der Waals surface area contributed by atoms with Crippen LogP contribution in [0.15, 0.2) is 0 Å². The third kappa shape index (κ3) is 7.84. The van der Waals surface area contributed by atoms with Crippen molar-refractivity contribution in [3.8, 4) is 0 Å². The Morgan fingerprint density at radius 3 is 2.48 bits per heavy atom. The van der Waals surface area contributed by atoms with Crippen molar-refractivity contribution in [2.75, 3.05) is 13.1 Å². The molecule has 4 amide bonds. The predicted octanol–water partition coefficient (Wildman–Crippen LogP) is 0.662. The second-order valence-corrected chi connectivity index (χ2v) is 7.71. The lowest BCUT2D eigenvalue weighted by Gasteiger charge is -2.26. The Morgan fingerprint density at radius 1 is 1.26 bits per heavy atom. The molecule has 1 rings (SSSR count). The Balaban J connectivity index is 2.60. The fourth-order valence-electron chi connectivity index (χ4n) is 2.86. The van der Waals surface area contributed by atoms with Crippen LogP contribution in [0.3, 0.4) is 0 Å². The van der Waals surface area contributed by atoms with Crippen molar-refractivity contribution in [2.45, 2.75) is 77.5 Å². The molecule has 9 nitrogen and oxygen atoms in total. The standard InChI is InChI=1S/C18H32N4O5/c1-5-6-8-12(15(19)24)21-16(25)13-9-7-10-22(13)14(23)11-20-17(26)27-18(2,3)4/h12-13H,5-11H2,1-4H3,(H2,19,24)(H,20,26)(H,21,25)/t12-,13-/m0/s1. The molecule has 2 atom stereocenters. The van der Waals surface area contributed by atoms with Crippen LogP contribution >= 0.6 is 0 Å². The van der Waals surface area contributed by atoms with Gasteiger partial charge in [0.05, 0.1) is 0 Å². The number of hydrogen-bond acceptors (Lipinski definition) is 5. The van der Waals surface area contributed by atoms with Crippen LogP contribution in [0.4, 0.5) is 4.79 Å². The van der Waals surface area contributed by atoms with E-state index in [-0.39, 0.29) is 12.5 Å². The molecule has 1 aliphatic heterocycles. The van der Waals surface area contributed by atoms with Gasteiger partial charge in [-0.05, 0) is 40.0 Å². The van der Waals surface area contributed by atoms with Gasteiger partial charge in [-0.1, -0.05) is 19.8 Å². The molecule has 9 heteroatoms. The highest BCUT2D eigenvalue weighted by molar-refractivity contribution is 5.92. The largest absolute Gasteiger partial charge is 0.444 e. The SMILES string of the molecule is CCCC[C@H](NC(=O)[C@@H]1CCCN1C(=O)CNC(=O)OC(C)(C)C)C(N)=O. The molecule has 1 heterocycles. The summed E-state index contributed by atoms with van der Waals surface area (Å²) in [5.41, 5.74) is 4.69. The van der Waals surface area contributed by atoms with Crippen LogP contribution in [0.2, 0.25) is 0 Å². The molecule has 0 unspecified atom stereocenters. The number of hydrogen-bond donors (Lipinski definition) is 3. The monoisotopic (exact) mass is 384 g/mol. The number of rotatable bonds is 8. The fourth-order valence-corrected chi connectivity index (χ4v) is 2.86. The van der Waals surface area contributed by atoms with Gasteiger partial charge in [0.15, 0.2) is 0 Å². The van der Waals surface area contributed by atoms with Gasteiger partial charge in [0.25, 0.3) is 0 Å². The summed E-state index contributed by atoms with van der Waals surface area (Å²) in [6.45, 7) is 7.32. The molecule has 4 N–H and O–H groups in total. The van der Waals surface area contributed by atoms with Gasteiger partial charge in [-0.3, -0.25) is 14.4 Å². The van der Waals surface area contributed by atoms with Crippen molar-refractivity contribution < 1.29 is 23.9 Å². The minimum Gasteiger partial charge on any atom is -0.444 e. The number of alkyl carbamates (subject to hydrolysis) is 1. The minimum atomic E-state index is -0.741. The van der Waals surface area contributed by atoms with E-state index in [1.54, 1.807) is 20.8 Å². The number of carbonyl (C=O) groups is 4. The Kier molecular flexibility index (Phi) is 8.52. The van der Waals surface area contributed by atoms with E-state index in [0.29, 0.717) is 25.8 Å². The van der Waals surface area contributed by atoms with Crippen LogP contribution in [0.25, 0.3) is 0 Å². The Morgan fingerprint density at radius 2 is 1.93 bits per heavy atom. The van der Waals surface area contributed by atoms with Crippen molar-refractivity contribution in [3.05, 3.63) is 0 Å². The van der Waals surface area contributed by atoms with Crippen molar-refractivity contribution >= 4 is 23.8 Å². The first-order valence-electron chi connectivity index (χ1n) is 9.41. The smallest absolute Gasteiger partial charge is 0.408 e. The van der Waals surface area contributed by atoms with Crippen molar-refractivity contribution in [1.82, 2.24) is 15.5 Å². The van der Waals surface area contributed by atoms with Crippen LogP contribution in [0.5, 0.6) is 0 Å². The summed E-state index contributed by atoms with van der Waals surface area (Å²) in [6.07, 6.45) is 2.60. The van der Waals surface area contributed by atoms with Crippen LogP contribution < -0.4 is 16.4 Å². The second kappa shape index (κ2) is 10.1. The van der Waals surface area contributed by atoms with E-state index in [0.717, 1.165) is 12.8 Å². The van der Waals surface area contributed by atoms with Gasteiger partial charge < -0.3 is 26.0 Å². The first kappa shape index (κ1) is 22.7. The van der Waals surface area contributed by atoms with Crippen molar-refractivity contribution in [2.24, 2.45) is 5.73 Å². The molecule has 0 bridgehead atoms. The number of primary amides is 1. The fraction of sp³-hybridized carbons (Fsp3) is 0.778. The van der Waals surface area contributed by atoms with E-state index in [1.807, 2.05) is 6.92 Å². The minimum absolute atomic E-state index is 0.256. The van der Waals surface area contributed by atoms with Crippen LogP contribution in [0, 0.1) is 0 Å². The Labute approximate surface area is 160 Å². The van der Waals surface area contributed by atoms with Gasteiger partial charge in [0.1, 0.15) is 24.2 Å². The second-order valence-electron chi connectivity index (χ2n) is 7.71. The van der Waals surface area contributed by atoms with E-state index in [2.05, 4.69) is 10.6 Å². The zero-order chi connectivity index (χ0) is 20.6.